The molecule has 0 saturated heterocycles. The van der Waals surface area contributed by atoms with Crippen LogP contribution in [0.5, 0.6) is 17.2 Å². The predicted octanol–water partition coefficient (Wildman–Crippen LogP) is 0.926. The number of para-hydroxylation sites is 2. The van der Waals surface area contributed by atoms with Gasteiger partial charge in [-0.3, -0.25) is 4.55 Å². The van der Waals surface area contributed by atoms with Crippen LogP contribution in [0.3, 0.4) is 0 Å². The summed E-state index contributed by atoms with van der Waals surface area (Å²) >= 11 is 0. The molecule has 2 rings (SSSR count). The second kappa shape index (κ2) is 10.2. The number of unbranched alkanes of at least 4 members (excludes halogenated alkanes) is 3. The molecule has 5 nitrogen and oxygen atoms in total. The first-order chi connectivity index (χ1) is 11.4. The Kier molecular flexibility index (Phi) is 8.96. The molecule has 0 aliphatic carbocycles. The molecule has 0 saturated carbocycles. The zero-order valence-corrected chi connectivity index (χ0v) is 17.4. The van der Waals surface area contributed by atoms with Crippen LogP contribution in [0.2, 0.25) is 0 Å². The van der Waals surface area contributed by atoms with Crippen molar-refractivity contribution in [1.29, 1.82) is 0 Å². The Hall–Kier alpha value is -1.05. The van der Waals surface area contributed by atoms with Gasteiger partial charge in [-0.25, -0.2) is 0 Å². The van der Waals surface area contributed by atoms with Gasteiger partial charge >= 0.3 is 29.6 Å². The molecule has 0 bridgehead atoms. The topological polar surface area (TPSA) is 86.7 Å². The van der Waals surface area contributed by atoms with E-state index in [1.165, 1.54) is 24.3 Å². The maximum absolute atomic E-state index is 11.8. The van der Waals surface area contributed by atoms with Crippen molar-refractivity contribution < 1.29 is 52.4 Å². The first-order valence-corrected chi connectivity index (χ1v) is 9.40. The van der Waals surface area contributed by atoms with Crippen LogP contribution in [-0.2, 0) is 16.5 Å². The Labute approximate surface area is 171 Å². The molecule has 0 unspecified atom stereocenters. The van der Waals surface area contributed by atoms with E-state index in [2.05, 4.69) is 6.92 Å². The quantitative estimate of drug-likeness (QED) is 0.423. The number of benzene rings is 2. The molecule has 1 N–H and O–H groups in total. The molecule has 130 valence electrons. The molecule has 0 amide bonds. The summed E-state index contributed by atoms with van der Waals surface area (Å²) in [4.78, 5) is -0.252. The van der Waals surface area contributed by atoms with Crippen molar-refractivity contribution in [3.63, 3.8) is 0 Å². The summed E-state index contributed by atoms with van der Waals surface area (Å²) in [6.07, 6.45) is 4.96. The van der Waals surface area contributed by atoms with Crippen LogP contribution in [0.15, 0.2) is 47.4 Å². The Morgan fingerprint density at radius 1 is 1.04 bits per heavy atom. The van der Waals surface area contributed by atoms with E-state index in [9.17, 15) is 18.1 Å². The molecule has 2 aromatic rings. The number of rotatable bonds is 8. The molecule has 0 aliphatic heterocycles. The summed E-state index contributed by atoms with van der Waals surface area (Å²) in [7, 11) is -4.33. The molecule has 0 atom stereocenters. The van der Waals surface area contributed by atoms with E-state index in [-0.39, 0.29) is 51.7 Å². The molecule has 0 radical (unpaired) electrons. The summed E-state index contributed by atoms with van der Waals surface area (Å²) in [5.41, 5.74) is 0.807. The van der Waals surface area contributed by atoms with Crippen molar-refractivity contribution in [2.75, 3.05) is 0 Å². The molecule has 0 spiro atoms. The average molecular weight is 372 g/mol. The predicted molar refractivity (Wildman–Crippen MR) is 90.1 cm³/mol. The maximum Gasteiger partial charge on any atom is 1.00 e. The largest absolute Gasteiger partial charge is 1.00 e. The first-order valence-electron chi connectivity index (χ1n) is 7.96. The summed E-state index contributed by atoms with van der Waals surface area (Å²) in [5, 5.41) is 11.8. The third-order valence-electron chi connectivity index (χ3n) is 3.71. The van der Waals surface area contributed by atoms with E-state index in [1.807, 2.05) is 0 Å². The SMILES string of the molecule is CCCCCCc1ccc(S(=O)(=O)O)cc1Oc1ccccc1[O-].[Na+]. The number of ether oxygens (including phenoxy) is 1. The Balaban J connectivity index is 0.00000312. The second-order valence-corrected chi connectivity index (χ2v) is 7.03. The number of hydrogen-bond acceptors (Lipinski definition) is 4. The van der Waals surface area contributed by atoms with Crippen LogP contribution in [-0.4, -0.2) is 13.0 Å². The second-order valence-electron chi connectivity index (χ2n) is 5.60. The van der Waals surface area contributed by atoms with Crippen molar-refractivity contribution in [1.82, 2.24) is 0 Å². The van der Waals surface area contributed by atoms with Crippen LogP contribution >= 0.6 is 0 Å². The van der Waals surface area contributed by atoms with Gasteiger partial charge in [-0.05, 0) is 30.5 Å². The minimum absolute atomic E-state index is 0. The number of hydrogen-bond donors (Lipinski definition) is 1. The van der Waals surface area contributed by atoms with Gasteiger partial charge in [0.1, 0.15) is 11.5 Å². The van der Waals surface area contributed by atoms with Gasteiger partial charge in [-0.15, -0.1) is 0 Å². The van der Waals surface area contributed by atoms with Crippen LogP contribution in [0, 0.1) is 0 Å². The summed E-state index contributed by atoms with van der Waals surface area (Å²) in [6.45, 7) is 2.13. The molecule has 0 fully saturated rings. The summed E-state index contributed by atoms with van der Waals surface area (Å²) in [5.74, 6) is 0.122. The third kappa shape index (κ3) is 6.64. The summed E-state index contributed by atoms with van der Waals surface area (Å²) in [6, 6.07) is 10.4. The minimum atomic E-state index is -4.33. The zero-order chi connectivity index (χ0) is 17.6. The zero-order valence-electron chi connectivity index (χ0n) is 14.6. The van der Waals surface area contributed by atoms with Crippen LogP contribution in [0.4, 0.5) is 0 Å². The average Bonchev–Trinajstić information content (AvgIpc) is 2.54. The van der Waals surface area contributed by atoms with Crippen molar-refractivity contribution in [2.24, 2.45) is 0 Å². The minimum Gasteiger partial charge on any atom is -0.870 e. The monoisotopic (exact) mass is 372 g/mol. The van der Waals surface area contributed by atoms with Gasteiger partial charge in [0, 0.05) is 6.07 Å². The fraction of sp³-hybridized carbons (Fsp3) is 0.333. The van der Waals surface area contributed by atoms with Gasteiger partial charge in [0.25, 0.3) is 10.1 Å². The molecule has 25 heavy (non-hydrogen) atoms. The van der Waals surface area contributed by atoms with Crippen molar-refractivity contribution in [3.8, 4) is 17.2 Å². The van der Waals surface area contributed by atoms with E-state index >= 15 is 0 Å². The molecule has 0 heterocycles. The van der Waals surface area contributed by atoms with E-state index < -0.39 is 10.1 Å². The Morgan fingerprint density at radius 3 is 2.40 bits per heavy atom. The van der Waals surface area contributed by atoms with E-state index in [1.54, 1.807) is 18.2 Å². The van der Waals surface area contributed by atoms with Gasteiger partial charge < -0.3 is 9.84 Å². The van der Waals surface area contributed by atoms with Crippen LogP contribution in [0.25, 0.3) is 0 Å². The molecule has 7 heteroatoms. The van der Waals surface area contributed by atoms with Gasteiger partial charge in [-0.2, -0.15) is 8.42 Å². The first kappa shape index (κ1) is 22.0. The van der Waals surface area contributed by atoms with Crippen molar-refractivity contribution in [2.45, 2.75) is 43.9 Å². The Morgan fingerprint density at radius 2 is 1.76 bits per heavy atom. The normalized spacial score (nSPS) is 11.0. The molecule has 0 aromatic heterocycles. The van der Waals surface area contributed by atoms with Crippen LogP contribution in [0.1, 0.15) is 38.2 Å². The molecule has 2 aromatic carbocycles. The maximum atomic E-state index is 11.8. The molecule has 0 aliphatic rings. The van der Waals surface area contributed by atoms with Gasteiger partial charge in [-0.1, -0.05) is 56.2 Å². The standard InChI is InChI=1S/C18H22O5S.Na/c1-2-3-4-5-8-14-11-12-15(24(20,21)22)13-18(14)23-17-10-7-6-9-16(17)19;/h6-7,9-13,19H,2-5,8H2,1H3,(H,20,21,22);/q;+1/p-1. The van der Waals surface area contributed by atoms with Gasteiger partial charge in [0.15, 0.2) is 0 Å². The smallest absolute Gasteiger partial charge is 0.870 e. The van der Waals surface area contributed by atoms with E-state index in [0.29, 0.717) is 6.42 Å². The summed E-state index contributed by atoms with van der Waals surface area (Å²) < 4.78 is 37.6. The van der Waals surface area contributed by atoms with E-state index in [4.69, 9.17) is 4.74 Å². The van der Waals surface area contributed by atoms with Gasteiger partial charge in [0.2, 0.25) is 0 Å². The van der Waals surface area contributed by atoms with Crippen molar-refractivity contribution >= 4 is 10.1 Å². The van der Waals surface area contributed by atoms with Crippen LogP contribution < -0.4 is 39.4 Å². The third-order valence-corrected chi connectivity index (χ3v) is 4.55. The molecular weight excluding hydrogens is 351 g/mol. The molecular formula is C18H21NaO5S. The fourth-order valence-electron chi connectivity index (χ4n) is 2.39. The van der Waals surface area contributed by atoms with Crippen molar-refractivity contribution in [3.05, 3.63) is 48.0 Å². The fourth-order valence-corrected chi connectivity index (χ4v) is 2.89. The number of aryl methyl sites for hydroxylation is 1. The van der Waals surface area contributed by atoms with Gasteiger partial charge in [0.05, 0.1) is 4.90 Å². The van der Waals surface area contributed by atoms with E-state index in [0.717, 1.165) is 31.2 Å². The Bertz CT molecular complexity index is 790.